The molecule has 0 bridgehead atoms. The summed E-state index contributed by atoms with van der Waals surface area (Å²) in [5.41, 5.74) is 1.16. The highest BCUT2D eigenvalue weighted by Crippen LogP contribution is 2.31. The third kappa shape index (κ3) is 7.29. The smallest absolute Gasteiger partial charge is 0.407 e. The van der Waals surface area contributed by atoms with Crippen molar-refractivity contribution in [2.45, 2.75) is 45.6 Å². The average molecular weight is 560 g/mol. The Bertz CT molecular complexity index is 1540. The van der Waals surface area contributed by atoms with Crippen molar-refractivity contribution in [1.29, 1.82) is 0 Å². The summed E-state index contributed by atoms with van der Waals surface area (Å²) < 4.78 is 31.4. The number of sulfone groups is 1. The normalized spacial score (nSPS) is 11.7. The minimum atomic E-state index is -3.37. The van der Waals surface area contributed by atoms with Crippen LogP contribution in [0.15, 0.2) is 53.7 Å². The number of rotatable bonds is 8. The zero-order valence-corrected chi connectivity index (χ0v) is 23.4. The van der Waals surface area contributed by atoms with Crippen LogP contribution in [-0.4, -0.2) is 41.2 Å². The molecule has 3 aromatic rings. The second-order valence-electron chi connectivity index (χ2n) is 9.76. The van der Waals surface area contributed by atoms with Gasteiger partial charge in [-0.05, 0) is 49.6 Å². The molecule has 0 aliphatic rings. The van der Waals surface area contributed by atoms with Crippen molar-refractivity contribution in [2.75, 3.05) is 5.75 Å². The number of nitrogens with zero attached hydrogens (tertiary/aromatic N) is 2. The van der Waals surface area contributed by atoms with Crippen LogP contribution in [0.2, 0.25) is 5.02 Å². The van der Waals surface area contributed by atoms with Crippen LogP contribution in [0.3, 0.4) is 0 Å². The number of aromatic nitrogens is 2. The first kappa shape index (κ1) is 29.1. The van der Waals surface area contributed by atoms with Gasteiger partial charge >= 0.3 is 6.09 Å². The minimum absolute atomic E-state index is 0.0411. The molecule has 2 aromatic heterocycles. The molecule has 0 fully saturated rings. The van der Waals surface area contributed by atoms with Crippen LogP contribution in [-0.2, 0) is 33.9 Å². The van der Waals surface area contributed by atoms with E-state index in [0.717, 1.165) is 0 Å². The largest absolute Gasteiger partial charge is 0.444 e. The van der Waals surface area contributed by atoms with Crippen LogP contribution >= 0.6 is 11.6 Å². The molecule has 1 amide bonds. The van der Waals surface area contributed by atoms with Crippen molar-refractivity contribution in [3.63, 3.8) is 0 Å². The van der Waals surface area contributed by atoms with Gasteiger partial charge in [0.2, 0.25) is 0 Å². The van der Waals surface area contributed by atoms with E-state index in [1.165, 1.54) is 29.1 Å². The van der Waals surface area contributed by atoms with Gasteiger partial charge in [0.05, 0.1) is 10.8 Å². The maximum absolute atomic E-state index is 13.6. The lowest BCUT2D eigenvalue weighted by Crippen LogP contribution is -2.32. The van der Waals surface area contributed by atoms with E-state index in [-0.39, 0.29) is 39.8 Å². The molecular formula is C27H30ClN3O6S. The van der Waals surface area contributed by atoms with E-state index in [2.05, 4.69) is 10.3 Å². The van der Waals surface area contributed by atoms with Crippen LogP contribution in [0.1, 0.15) is 54.7 Å². The van der Waals surface area contributed by atoms with Crippen LogP contribution < -0.4 is 10.9 Å². The number of halogens is 1. The second-order valence-corrected chi connectivity index (χ2v) is 12.5. The number of hydrogen-bond donors (Lipinski definition) is 1. The predicted octanol–water partition coefficient (Wildman–Crippen LogP) is 4.29. The molecule has 0 atom stereocenters. The molecule has 202 valence electrons. The maximum Gasteiger partial charge on any atom is 0.407 e. The molecule has 3 rings (SSSR count). The average Bonchev–Trinajstić information content (AvgIpc) is 2.83. The highest BCUT2D eigenvalue weighted by Gasteiger charge is 2.22. The number of carbonyl (C=O) groups excluding carboxylic acids is 2. The van der Waals surface area contributed by atoms with E-state index in [0.29, 0.717) is 22.3 Å². The number of nitrogens with one attached hydrogen (secondary N) is 1. The molecule has 9 nitrogen and oxygen atoms in total. The van der Waals surface area contributed by atoms with Crippen LogP contribution in [0.25, 0.3) is 11.1 Å². The third-order valence-electron chi connectivity index (χ3n) is 5.60. The lowest BCUT2D eigenvalue weighted by Gasteiger charge is -2.20. The topological polar surface area (TPSA) is 124 Å². The second kappa shape index (κ2) is 11.5. The number of carbonyl (C=O) groups is 2. The fraction of sp³-hybridized carbons (Fsp3) is 0.333. The summed E-state index contributed by atoms with van der Waals surface area (Å²) in [6.07, 6.45) is 3.68. The summed E-state index contributed by atoms with van der Waals surface area (Å²) in [5.74, 6) is -0.670. The van der Waals surface area contributed by atoms with Gasteiger partial charge in [-0.2, -0.15) is 0 Å². The monoisotopic (exact) mass is 559 g/mol. The fourth-order valence-corrected chi connectivity index (χ4v) is 4.80. The Labute approximate surface area is 226 Å². The molecule has 0 radical (unpaired) electrons. The van der Waals surface area contributed by atoms with Gasteiger partial charge in [-0.3, -0.25) is 14.6 Å². The molecule has 11 heteroatoms. The summed E-state index contributed by atoms with van der Waals surface area (Å²) in [7, 11) is -1.81. The Morgan fingerprint density at radius 2 is 1.82 bits per heavy atom. The first-order chi connectivity index (χ1) is 17.7. The number of ether oxygens (including phenoxy) is 1. The molecular weight excluding hydrogens is 530 g/mol. The Balaban J connectivity index is 2.19. The third-order valence-corrected chi connectivity index (χ3v) is 7.55. The molecule has 0 unspecified atom stereocenters. The van der Waals surface area contributed by atoms with Crippen molar-refractivity contribution < 1.29 is 22.7 Å². The van der Waals surface area contributed by atoms with Crippen molar-refractivity contribution in [3.8, 4) is 11.1 Å². The molecule has 0 aliphatic heterocycles. The lowest BCUT2D eigenvalue weighted by molar-refractivity contribution is 0.0523. The van der Waals surface area contributed by atoms with Crippen LogP contribution in [0.4, 0.5) is 4.79 Å². The predicted molar refractivity (Wildman–Crippen MR) is 146 cm³/mol. The van der Waals surface area contributed by atoms with Gasteiger partial charge in [0.25, 0.3) is 5.56 Å². The molecule has 2 heterocycles. The van der Waals surface area contributed by atoms with Gasteiger partial charge in [-0.25, -0.2) is 13.2 Å². The molecule has 0 aliphatic carbocycles. The Morgan fingerprint density at radius 3 is 2.45 bits per heavy atom. The highest BCUT2D eigenvalue weighted by atomic mass is 35.5. The lowest BCUT2D eigenvalue weighted by atomic mass is 9.91. The summed E-state index contributed by atoms with van der Waals surface area (Å²) in [5, 5.41) is 2.80. The van der Waals surface area contributed by atoms with E-state index >= 15 is 0 Å². The molecule has 0 spiro atoms. The fourth-order valence-electron chi connectivity index (χ4n) is 3.70. The summed E-state index contributed by atoms with van der Waals surface area (Å²) in [6.45, 7) is 6.69. The van der Waals surface area contributed by atoms with Crippen LogP contribution in [0.5, 0.6) is 0 Å². The van der Waals surface area contributed by atoms with Gasteiger partial charge in [0, 0.05) is 60.7 Å². The Hall–Kier alpha value is -3.50. The Morgan fingerprint density at radius 1 is 1.11 bits per heavy atom. The first-order valence-electron chi connectivity index (χ1n) is 11.8. The zero-order valence-electron chi connectivity index (χ0n) is 21.9. The van der Waals surface area contributed by atoms with Crippen molar-refractivity contribution in [2.24, 2.45) is 7.05 Å². The number of benzene rings is 1. The molecule has 1 N–H and O–H groups in total. The molecule has 0 saturated carbocycles. The summed E-state index contributed by atoms with van der Waals surface area (Å²) in [4.78, 5) is 42.4. The maximum atomic E-state index is 13.6. The molecule has 38 heavy (non-hydrogen) atoms. The van der Waals surface area contributed by atoms with Crippen LogP contribution in [0, 0.1) is 0 Å². The van der Waals surface area contributed by atoms with Crippen molar-refractivity contribution in [3.05, 3.63) is 86.6 Å². The van der Waals surface area contributed by atoms with Crippen molar-refractivity contribution >= 4 is 33.3 Å². The van der Waals surface area contributed by atoms with Gasteiger partial charge in [0.15, 0.2) is 15.6 Å². The number of aryl methyl sites for hydroxylation is 1. The van der Waals surface area contributed by atoms with Gasteiger partial charge in [-0.1, -0.05) is 30.7 Å². The van der Waals surface area contributed by atoms with Crippen molar-refractivity contribution in [1.82, 2.24) is 14.9 Å². The molecule has 0 saturated heterocycles. The Kier molecular flexibility index (Phi) is 8.79. The summed E-state index contributed by atoms with van der Waals surface area (Å²) >= 11 is 6.25. The standard InChI is InChI=1S/C27H30ClN3O6S/c1-6-38(35,36)16-17-7-8-19(25(33)20-9-10-29-14-23(20)28)21(11-17)22-15-31(5)24(32)12-18(22)13-30-26(34)37-27(2,3)4/h7-12,14-15H,6,13,16H2,1-5H3,(H,30,34). The quantitative estimate of drug-likeness (QED) is 0.408. The molecule has 1 aromatic carbocycles. The number of amides is 1. The number of pyridine rings is 2. The first-order valence-corrected chi connectivity index (χ1v) is 14.0. The summed E-state index contributed by atoms with van der Waals surface area (Å²) in [6, 6.07) is 7.60. The van der Waals surface area contributed by atoms with E-state index in [1.54, 1.807) is 59.1 Å². The minimum Gasteiger partial charge on any atom is -0.444 e. The highest BCUT2D eigenvalue weighted by molar-refractivity contribution is 7.90. The van der Waals surface area contributed by atoms with E-state index in [4.69, 9.17) is 16.3 Å². The van der Waals surface area contributed by atoms with E-state index in [1.807, 2.05) is 0 Å². The van der Waals surface area contributed by atoms with E-state index in [9.17, 15) is 22.8 Å². The zero-order chi connectivity index (χ0) is 28.3. The van der Waals surface area contributed by atoms with Gasteiger partial charge < -0.3 is 14.6 Å². The van der Waals surface area contributed by atoms with E-state index < -0.39 is 27.3 Å². The number of ketones is 1. The van der Waals surface area contributed by atoms with Gasteiger partial charge in [-0.15, -0.1) is 0 Å². The number of hydrogen-bond acceptors (Lipinski definition) is 7. The SMILES string of the molecule is CCS(=O)(=O)Cc1ccc(C(=O)c2ccncc2Cl)c(-c2cn(C)c(=O)cc2CNC(=O)OC(C)(C)C)c1. The van der Waals surface area contributed by atoms with Gasteiger partial charge in [0.1, 0.15) is 5.60 Å². The number of alkyl carbamates (subject to hydrolysis) is 1.